The first kappa shape index (κ1) is 12.2. The molecular formula is C9H10FN3O2S. The van der Waals surface area contributed by atoms with Crippen LogP contribution in [0.25, 0.3) is 0 Å². The van der Waals surface area contributed by atoms with Gasteiger partial charge < -0.3 is 10.1 Å². The van der Waals surface area contributed by atoms with Gasteiger partial charge in [0.2, 0.25) is 0 Å². The highest BCUT2D eigenvalue weighted by atomic mass is 32.1. The zero-order chi connectivity index (χ0) is 12.0. The van der Waals surface area contributed by atoms with Crippen molar-refractivity contribution in [2.24, 2.45) is 0 Å². The number of carbonyl (C=O) groups excluding carboxylic acids is 1. The first-order chi connectivity index (χ1) is 7.63. The molecule has 0 radical (unpaired) electrons. The number of ether oxygens (including phenoxy) is 1. The smallest absolute Gasteiger partial charge is 0.425 e. The molecule has 0 fully saturated rings. The van der Waals surface area contributed by atoms with Gasteiger partial charge in [0.15, 0.2) is 5.11 Å². The van der Waals surface area contributed by atoms with Crippen LogP contribution in [0.2, 0.25) is 0 Å². The van der Waals surface area contributed by atoms with E-state index in [1.54, 1.807) is 12.1 Å². The second-order valence-electron chi connectivity index (χ2n) is 2.68. The number of benzene rings is 1. The fourth-order valence-electron chi connectivity index (χ4n) is 0.875. The topological polar surface area (TPSA) is 62.4 Å². The highest BCUT2D eigenvalue weighted by Gasteiger charge is 2.03. The summed E-state index contributed by atoms with van der Waals surface area (Å²) in [6, 6.07) is 6.02. The van der Waals surface area contributed by atoms with Crippen molar-refractivity contribution in [1.29, 1.82) is 0 Å². The van der Waals surface area contributed by atoms with Gasteiger partial charge >= 0.3 is 6.09 Å². The number of hydrogen-bond donors (Lipinski definition) is 3. The summed E-state index contributed by atoms with van der Waals surface area (Å²) in [6.45, 7) is 0. The number of hydrogen-bond acceptors (Lipinski definition) is 3. The molecule has 0 unspecified atom stereocenters. The number of amides is 1. The zero-order valence-corrected chi connectivity index (χ0v) is 9.23. The maximum atomic E-state index is 13.2. The van der Waals surface area contributed by atoms with Crippen molar-refractivity contribution in [3.8, 4) is 0 Å². The van der Waals surface area contributed by atoms with E-state index in [0.29, 0.717) is 0 Å². The molecule has 0 atom stereocenters. The fourth-order valence-corrected chi connectivity index (χ4v) is 1.04. The van der Waals surface area contributed by atoms with Crippen LogP contribution in [-0.4, -0.2) is 18.3 Å². The molecule has 7 heteroatoms. The Kier molecular flexibility index (Phi) is 4.46. The van der Waals surface area contributed by atoms with E-state index in [1.807, 2.05) is 0 Å². The molecule has 0 saturated heterocycles. The number of carbonyl (C=O) groups is 1. The van der Waals surface area contributed by atoms with Gasteiger partial charge in [-0.2, -0.15) is 0 Å². The van der Waals surface area contributed by atoms with Crippen molar-refractivity contribution in [2.75, 3.05) is 12.4 Å². The van der Waals surface area contributed by atoms with Crippen molar-refractivity contribution in [2.45, 2.75) is 0 Å². The number of nitrogens with one attached hydrogen (secondary N) is 3. The van der Waals surface area contributed by atoms with Gasteiger partial charge in [0.05, 0.1) is 12.8 Å². The Morgan fingerprint density at radius 2 is 2.06 bits per heavy atom. The Labute approximate surface area is 96.9 Å². The maximum absolute atomic E-state index is 13.2. The summed E-state index contributed by atoms with van der Waals surface area (Å²) in [5, 5.41) is 2.62. The van der Waals surface area contributed by atoms with Gasteiger partial charge in [-0.15, -0.1) is 0 Å². The van der Waals surface area contributed by atoms with E-state index in [9.17, 15) is 9.18 Å². The van der Waals surface area contributed by atoms with Gasteiger partial charge in [-0.05, 0) is 24.4 Å². The van der Waals surface area contributed by atoms with Crippen molar-refractivity contribution >= 4 is 29.1 Å². The third kappa shape index (κ3) is 3.70. The third-order valence-corrected chi connectivity index (χ3v) is 1.79. The van der Waals surface area contributed by atoms with Gasteiger partial charge in [-0.1, -0.05) is 12.1 Å². The minimum Gasteiger partial charge on any atom is -0.452 e. The molecular weight excluding hydrogens is 233 g/mol. The molecule has 5 nitrogen and oxygen atoms in total. The summed E-state index contributed by atoms with van der Waals surface area (Å²) in [6.07, 6.45) is -0.697. The highest BCUT2D eigenvalue weighted by Crippen LogP contribution is 2.11. The van der Waals surface area contributed by atoms with Crippen LogP contribution < -0.4 is 16.2 Å². The van der Waals surface area contributed by atoms with Crippen molar-refractivity contribution in [3.05, 3.63) is 30.1 Å². The van der Waals surface area contributed by atoms with E-state index < -0.39 is 11.9 Å². The molecule has 16 heavy (non-hydrogen) atoms. The number of para-hydroxylation sites is 1. The summed E-state index contributed by atoms with van der Waals surface area (Å²) in [4.78, 5) is 10.7. The van der Waals surface area contributed by atoms with Crippen molar-refractivity contribution < 1.29 is 13.9 Å². The lowest BCUT2D eigenvalue weighted by atomic mass is 10.3. The Bertz CT molecular complexity index is 400. The molecule has 1 aromatic rings. The summed E-state index contributed by atoms with van der Waals surface area (Å²) >= 11 is 4.80. The average molecular weight is 243 g/mol. The average Bonchev–Trinajstić information content (AvgIpc) is 2.29. The molecule has 0 bridgehead atoms. The van der Waals surface area contributed by atoms with E-state index in [2.05, 4.69) is 20.9 Å². The lowest BCUT2D eigenvalue weighted by molar-refractivity contribution is 0.169. The molecule has 1 amide bonds. The van der Waals surface area contributed by atoms with Gasteiger partial charge in [0.1, 0.15) is 5.82 Å². The molecule has 1 rings (SSSR count). The van der Waals surface area contributed by atoms with Gasteiger partial charge in [-0.25, -0.2) is 14.6 Å². The number of methoxy groups -OCH3 is 1. The minimum absolute atomic E-state index is 0.0514. The van der Waals surface area contributed by atoms with Gasteiger partial charge in [-0.3, -0.25) is 5.43 Å². The van der Waals surface area contributed by atoms with Crippen LogP contribution >= 0.6 is 12.2 Å². The number of thiocarbonyl (C=S) groups is 1. The van der Waals surface area contributed by atoms with Gasteiger partial charge in [0, 0.05) is 0 Å². The van der Waals surface area contributed by atoms with Crippen molar-refractivity contribution in [1.82, 2.24) is 10.9 Å². The number of hydrazine groups is 1. The Hall–Kier alpha value is -1.89. The summed E-state index contributed by atoms with van der Waals surface area (Å²) < 4.78 is 17.5. The van der Waals surface area contributed by atoms with Crippen LogP contribution in [0, 0.1) is 5.82 Å². The number of halogens is 1. The first-order valence-corrected chi connectivity index (χ1v) is 4.70. The maximum Gasteiger partial charge on any atom is 0.425 e. The molecule has 0 heterocycles. The SMILES string of the molecule is COC(=O)NNC(=S)Nc1ccccc1F. The molecule has 0 aliphatic carbocycles. The molecule has 0 aromatic heterocycles. The molecule has 0 saturated carbocycles. The molecule has 0 spiro atoms. The molecule has 0 aliphatic heterocycles. The fraction of sp³-hybridized carbons (Fsp3) is 0.111. The quantitative estimate of drug-likeness (QED) is 0.514. The van der Waals surface area contributed by atoms with E-state index >= 15 is 0 Å². The Morgan fingerprint density at radius 1 is 1.38 bits per heavy atom. The predicted octanol–water partition coefficient (Wildman–Crippen LogP) is 1.38. The van der Waals surface area contributed by atoms with Crippen LogP contribution in [0.3, 0.4) is 0 Å². The van der Waals surface area contributed by atoms with E-state index in [-0.39, 0.29) is 10.8 Å². The highest BCUT2D eigenvalue weighted by molar-refractivity contribution is 7.80. The van der Waals surface area contributed by atoms with Crippen molar-refractivity contribution in [3.63, 3.8) is 0 Å². The monoisotopic (exact) mass is 243 g/mol. The van der Waals surface area contributed by atoms with Crippen LogP contribution in [0.1, 0.15) is 0 Å². The van der Waals surface area contributed by atoms with E-state index in [1.165, 1.54) is 19.2 Å². The van der Waals surface area contributed by atoms with Crippen LogP contribution in [0.4, 0.5) is 14.9 Å². The molecule has 86 valence electrons. The molecule has 1 aromatic carbocycles. The summed E-state index contributed by atoms with van der Waals surface area (Å²) in [7, 11) is 1.21. The standard InChI is InChI=1S/C9H10FN3O2S/c1-15-9(14)13-12-8(16)11-7-5-3-2-4-6(7)10/h2-5H,1H3,(H,13,14)(H2,11,12,16). The summed E-state index contributed by atoms with van der Waals surface area (Å²) in [5.74, 6) is -0.440. The minimum atomic E-state index is -0.697. The van der Waals surface area contributed by atoms with E-state index in [0.717, 1.165) is 0 Å². The third-order valence-electron chi connectivity index (χ3n) is 1.59. The van der Waals surface area contributed by atoms with Crippen LogP contribution in [0.5, 0.6) is 0 Å². The van der Waals surface area contributed by atoms with Gasteiger partial charge in [0.25, 0.3) is 0 Å². The second kappa shape index (κ2) is 5.86. The second-order valence-corrected chi connectivity index (χ2v) is 3.08. The van der Waals surface area contributed by atoms with Crippen LogP contribution in [-0.2, 0) is 4.74 Å². The Morgan fingerprint density at radius 3 is 2.69 bits per heavy atom. The number of anilines is 1. The molecule has 3 N–H and O–H groups in total. The Balaban J connectivity index is 2.46. The normalized spacial score (nSPS) is 9.12. The largest absolute Gasteiger partial charge is 0.452 e. The predicted molar refractivity (Wildman–Crippen MR) is 61.3 cm³/mol. The zero-order valence-electron chi connectivity index (χ0n) is 8.41. The lowest BCUT2D eigenvalue weighted by Crippen LogP contribution is -2.43. The van der Waals surface area contributed by atoms with E-state index in [4.69, 9.17) is 12.2 Å². The summed E-state index contributed by atoms with van der Waals surface area (Å²) in [5.41, 5.74) is 4.69. The first-order valence-electron chi connectivity index (χ1n) is 4.29. The van der Waals surface area contributed by atoms with Crippen LogP contribution in [0.15, 0.2) is 24.3 Å². The lowest BCUT2D eigenvalue weighted by Gasteiger charge is -2.10. The molecule has 0 aliphatic rings. The number of rotatable bonds is 1.